The number of nitrogens with one attached hydrogen (secondary N) is 2. The van der Waals surface area contributed by atoms with E-state index < -0.39 is 0 Å². The van der Waals surface area contributed by atoms with E-state index >= 15 is 0 Å². The number of nitrogens with zero attached hydrogens (tertiary/aromatic N) is 1. The highest BCUT2D eigenvalue weighted by atomic mass is 16.5. The van der Waals surface area contributed by atoms with E-state index in [9.17, 15) is 4.79 Å². The van der Waals surface area contributed by atoms with Crippen molar-refractivity contribution in [1.29, 1.82) is 0 Å². The first-order valence-electron chi connectivity index (χ1n) is 9.72. The van der Waals surface area contributed by atoms with Crippen LogP contribution in [0.3, 0.4) is 0 Å². The van der Waals surface area contributed by atoms with Crippen molar-refractivity contribution in [3.8, 4) is 5.75 Å². The Labute approximate surface area is 161 Å². The van der Waals surface area contributed by atoms with Crippen LogP contribution < -0.4 is 14.5 Å². The Kier molecular flexibility index (Phi) is 6.48. The molecule has 0 aromatic heterocycles. The minimum atomic E-state index is 0.113. The quantitative estimate of drug-likeness (QED) is 0.689. The molecule has 1 aliphatic rings. The van der Waals surface area contributed by atoms with Gasteiger partial charge in [0.25, 0.3) is 0 Å². The molecule has 1 fully saturated rings. The van der Waals surface area contributed by atoms with Crippen LogP contribution in [-0.4, -0.2) is 71.3 Å². The number of benzene rings is 2. The van der Waals surface area contributed by atoms with Gasteiger partial charge in [0.15, 0.2) is 0 Å². The molecule has 0 bridgehead atoms. The molecule has 2 N–H and O–H groups in total. The number of carbonyl (C=O) groups is 1. The zero-order valence-electron chi connectivity index (χ0n) is 16.6. The lowest BCUT2D eigenvalue weighted by Crippen LogP contribution is -3.19. The fourth-order valence-corrected chi connectivity index (χ4v) is 3.47. The first-order chi connectivity index (χ1) is 13.0. The summed E-state index contributed by atoms with van der Waals surface area (Å²) in [5, 5.41) is 2.28. The predicted molar refractivity (Wildman–Crippen MR) is 109 cm³/mol. The predicted octanol–water partition coefficient (Wildman–Crippen LogP) is -0.267. The fraction of sp³-hybridized carbons (Fsp3) is 0.409. The molecule has 0 unspecified atom stereocenters. The largest absolute Gasteiger partial charge is 0.497 e. The number of hydrogen-bond donors (Lipinski definition) is 2. The van der Waals surface area contributed by atoms with E-state index in [0.29, 0.717) is 0 Å². The van der Waals surface area contributed by atoms with Gasteiger partial charge >= 0.3 is 0 Å². The maximum atomic E-state index is 12.5. The van der Waals surface area contributed by atoms with Gasteiger partial charge in [-0.1, -0.05) is 18.2 Å². The summed E-state index contributed by atoms with van der Waals surface area (Å²) in [7, 11) is 6.05. The number of hydrogen-bond acceptors (Lipinski definition) is 2. The first kappa shape index (κ1) is 19.4. The number of likely N-dealkylation sites (N-methyl/N-ethyl adjacent to an activating group) is 1. The van der Waals surface area contributed by atoms with Crippen LogP contribution in [0.1, 0.15) is 5.56 Å². The average Bonchev–Trinajstić information content (AvgIpc) is 2.70. The van der Waals surface area contributed by atoms with Crippen molar-refractivity contribution in [3.63, 3.8) is 0 Å². The summed E-state index contributed by atoms with van der Waals surface area (Å²) in [5.41, 5.74) is 1.04. The highest BCUT2D eigenvalue weighted by Crippen LogP contribution is 2.22. The summed E-state index contributed by atoms with van der Waals surface area (Å²) < 4.78 is 5.27. The maximum absolute atomic E-state index is 12.5. The minimum Gasteiger partial charge on any atom is -0.497 e. The number of piperazine rings is 1. The second-order valence-electron chi connectivity index (χ2n) is 7.59. The SMILES string of the molecule is COc1ccc2cc(/C=C/C(=O)N3CC[NH+](CC[NH+](C)C)CC3)ccc2c1. The van der Waals surface area contributed by atoms with Crippen molar-refractivity contribution < 1.29 is 19.3 Å². The summed E-state index contributed by atoms with van der Waals surface area (Å²) in [6.45, 7) is 6.14. The van der Waals surface area contributed by atoms with Gasteiger partial charge in [0.2, 0.25) is 5.91 Å². The van der Waals surface area contributed by atoms with Gasteiger partial charge in [-0.05, 0) is 40.6 Å². The smallest absolute Gasteiger partial charge is 0.246 e. The first-order valence-corrected chi connectivity index (χ1v) is 9.72. The van der Waals surface area contributed by atoms with E-state index in [1.807, 2.05) is 35.2 Å². The van der Waals surface area contributed by atoms with Crippen molar-refractivity contribution in [1.82, 2.24) is 4.90 Å². The molecule has 0 radical (unpaired) electrons. The van der Waals surface area contributed by atoms with E-state index in [0.717, 1.165) is 48.3 Å². The zero-order valence-corrected chi connectivity index (χ0v) is 16.6. The minimum absolute atomic E-state index is 0.113. The third kappa shape index (κ3) is 5.31. The van der Waals surface area contributed by atoms with Crippen molar-refractivity contribution >= 4 is 22.8 Å². The molecule has 1 amide bonds. The monoisotopic (exact) mass is 369 g/mol. The summed E-state index contributed by atoms with van der Waals surface area (Å²) in [4.78, 5) is 17.6. The molecule has 0 saturated carbocycles. The Hall–Kier alpha value is -2.37. The second kappa shape index (κ2) is 9.02. The molecule has 1 saturated heterocycles. The number of fused-ring (bicyclic) bond motifs is 1. The van der Waals surface area contributed by atoms with Crippen molar-refractivity contribution in [2.24, 2.45) is 0 Å². The molecule has 1 heterocycles. The zero-order chi connectivity index (χ0) is 19.2. The molecule has 0 atom stereocenters. The van der Waals surface area contributed by atoms with Gasteiger partial charge in [-0.3, -0.25) is 4.79 Å². The van der Waals surface area contributed by atoms with Gasteiger partial charge in [-0.25, -0.2) is 0 Å². The van der Waals surface area contributed by atoms with Crippen LogP contribution in [0.15, 0.2) is 42.5 Å². The van der Waals surface area contributed by atoms with Crippen molar-refractivity contribution in [2.45, 2.75) is 0 Å². The highest BCUT2D eigenvalue weighted by Gasteiger charge is 2.22. The molecule has 3 rings (SSSR count). The van der Waals surface area contributed by atoms with Gasteiger partial charge in [-0.2, -0.15) is 0 Å². The number of rotatable bonds is 6. The van der Waals surface area contributed by atoms with Crippen LogP contribution in [0.4, 0.5) is 0 Å². The van der Waals surface area contributed by atoms with E-state index in [1.165, 1.54) is 18.0 Å². The van der Waals surface area contributed by atoms with E-state index in [2.05, 4.69) is 26.2 Å². The van der Waals surface area contributed by atoms with Gasteiger partial charge in [0, 0.05) is 6.08 Å². The van der Waals surface area contributed by atoms with Crippen LogP contribution >= 0.6 is 0 Å². The summed E-state index contributed by atoms with van der Waals surface area (Å²) in [6.07, 6.45) is 3.63. The third-order valence-corrected chi connectivity index (χ3v) is 5.25. The Morgan fingerprint density at radius 2 is 1.85 bits per heavy atom. The Bertz CT molecular complexity index is 808. The van der Waals surface area contributed by atoms with Crippen LogP contribution in [-0.2, 0) is 4.79 Å². The molecule has 5 nitrogen and oxygen atoms in total. The lowest BCUT2D eigenvalue weighted by Gasteiger charge is -2.31. The third-order valence-electron chi connectivity index (χ3n) is 5.25. The standard InChI is InChI=1S/C22H29N3O2/c1-23(2)10-11-24-12-14-25(15-13-24)22(26)9-5-18-4-6-20-17-21(27-3)8-7-19(20)16-18/h4-9,16-17H,10-15H2,1-3H3/p+2/b9-5+. The molecular formula is C22H31N3O2+2. The Balaban J connectivity index is 1.56. The maximum Gasteiger partial charge on any atom is 0.246 e. The Morgan fingerprint density at radius 1 is 1.15 bits per heavy atom. The van der Waals surface area contributed by atoms with Crippen molar-refractivity contribution in [2.75, 3.05) is 60.5 Å². The van der Waals surface area contributed by atoms with Crippen LogP contribution in [0.5, 0.6) is 5.75 Å². The average molecular weight is 370 g/mol. The number of carbonyl (C=O) groups excluding carboxylic acids is 1. The van der Waals surface area contributed by atoms with Crippen LogP contribution in [0.2, 0.25) is 0 Å². The highest BCUT2D eigenvalue weighted by molar-refractivity contribution is 5.93. The van der Waals surface area contributed by atoms with Gasteiger partial charge in [0.1, 0.15) is 18.8 Å². The summed E-state index contributed by atoms with van der Waals surface area (Å²) in [6, 6.07) is 12.2. The molecule has 2 aromatic rings. The van der Waals surface area contributed by atoms with Crippen LogP contribution in [0, 0.1) is 0 Å². The topological polar surface area (TPSA) is 38.4 Å². The number of methoxy groups -OCH3 is 1. The fourth-order valence-electron chi connectivity index (χ4n) is 3.47. The summed E-state index contributed by atoms with van der Waals surface area (Å²) in [5.74, 6) is 0.969. The van der Waals surface area contributed by atoms with E-state index in [4.69, 9.17) is 4.74 Å². The van der Waals surface area contributed by atoms with E-state index in [-0.39, 0.29) is 5.91 Å². The summed E-state index contributed by atoms with van der Waals surface area (Å²) >= 11 is 0. The molecule has 27 heavy (non-hydrogen) atoms. The molecule has 2 aromatic carbocycles. The molecule has 144 valence electrons. The van der Waals surface area contributed by atoms with Gasteiger partial charge < -0.3 is 19.4 Å². The second-order valence-corrected chi connectivity index (χ2v) is 7.59. The number of amides is 1. The number of quaternary nitrogens is 2. The molecule has 5 heteroatoms. The molecule has 0 aliphatic carbocycles. The lowest BCUT2D eigenvalue weighted by atomic mass is 10.1. The molecule has 0 spiro atoms. The lowest BCUT2D eigenvalue weighted by molar-refractivity contribution is -0.943. The van der Waals surface area contributed by atoms with E-state index in [1.54, 1.807) is 18.1 Å². The normalized spacial score (nSPS) is 15.8. The van der Waals surface area contributed by atoms with Crippen molar-refractivity contribution in [3.05, 3.63) is 48.0 Å². The van der Waals surface area contributed by atoms with Crippen LogP contribution in [0.25, 0.3) is 16.8 Å². The molecule has 1 aliphatic heterocycles. The number of ether oxygens (including phenoxy) is 1. The van der Waals surface area contributed by atoms with Gasteiger partial charge in [-0.15, -0.1) is 0 Å². The Morgan fingerprint density at radius 3 is 2.56 bits per heavy atom. The van der Waals surface area contributed by atoms with Gasteiger partial charge in [0.05, 0.1) is 47.4 Å². The molecular weight excluding hydrogens is 338 g/mol.